The Labute approximate surface area is 127 Å². The second kappa shape index (κ2) is 6.85. The van der Waals surface area contributed by atoms with E-state index in [1.807, 2.05) is 4.68 Å². The van der Waals surface area contributed by atoms with E-state index < -0.39 is 0 Å². The van der Waals surface area contributed by atoms with Gasteiger partial charge in [-0.15, -0.1) is 0 Å². The Morgan fingerprint density at radius 3 is 2.62 bits per heavy atom. The van der Waals surface area contributed by atoms with Crippen molar-refractivity contribution in [3.63, 3.8) is 0 Å². The van der Waals surface area contributed by atoms with Gasteiger partial charge in [-0.05, 0) is 27.2 Å². The highest BCUT2D eigenvalue weighted by Gasteiger charge is 2.37. The minimum atomic E-state index is -0.0302. The lowest BCUT2D eigenvalue weighted by Crippen LogP contribution is -2.61. The van der Waals surface area contributed by atoms with Gasteiger partial charge >= 0.3 is 0 Å². The van der Waals surface area contributed by atoms with Gasteiger partial charge in [0.2, 0.25) is 0 Å². The molecule has 0 amide bonds. The number of rotatable bonds is 6. The van der Waals surface area contributed by atoms with E-state index in [0.29, 0.717) is 6.04 Å². The molecule has 21 heavy (non-hydrogen) atoms. The van der Waals surface area contributed by atoms with Gasteiger partial charge in [-0.25, -0.2) is 9.67 Å². The highest BCUT2D eigenvalue weighted by Crippen LogP contribution is 2.26. The molecule has 2 atom stereocenters. The van der Waals surface area contributed by atoms with Crippen LogP contribution in [0.5, 0.6) is 0 Å². The minimum absolute atomic E-state index is 0.0299. The molecule has 1 aromatic rings. The first-order valence-corrected chi connectivity index (χ1v) is 7.95. The Kier molecular flexibility index (Phi) is 5.35. The highest BCUT2D eigenvalue weighted by molar-refractivity contribution is 5.01. The van der Waals surface area contributed by atoms with Crippen LogP contribution in [0.15, 0.2) is 6.33 Å². The fourth-order valence-corrected chi connectivity index (χ4v) is 3.06. The van der Waals surface area contributed by atoms with Gasteiger partial charge in [-0.2, -0.15) is 5.10 Å². The third-order valence-corrected chi connectivity index (χ3v) is 4.79. The summed E-state index contributed by atoms with van der Waals surface area (Å²) in [6.07, 6.45) is 3.39. The van der Waals surface area contributed by atoms with Gasteiger partial charge in [-0.1, -0.05) is 6.92 Å². The predicted octanol–water partition coefficient (Wildman–Crippen LogP) is 1.23. The Balaban J connectivity index is 2.12. The van der Waals surface area contributed by atoms with Crippen LogP contribution >= 0.6 is 0 Å². The lowest BCUT2D eigenvalue weighted by molar-refractivity contribution is -0.0275. The molecule has 6 heteroatoms. The summed E-state index contributed by atoms with van der Waals surface area (Å²) in [5.74, 6) is 0.977. The van der Waals surface area contributed by atoms with Crippen LogP contribution in [0, 0.1) is 0 Å². The molecular formula is C15H29N5O. The molecule has 2 heterocycles. The standard InChI is InChI=1S/C15H29N5O/c1-5-15(4,19-6-8-21-9-7-19)13(16)10-14-17-11-18-20(14)12(2)3/h11-13H,5-10,16H2,1-4H3. The minimum Gasteiger partial charge on any atom is -0.379 e. The van der Waals surface area contributed by atoms with Crippen molar-refractivity contribution in [3.05, 3.63) is 12.2 Å². The molecule has 1 aliphatic rings. The zero-order valence-corrected chi connectivity index (χ0v) is 13.7. The average Bonchev–Trinajstić information content (AvgIpc) is 2.95. The van der Waals surface area contributed by atoms with E-state index >= 15 is 0 Å². The second-order valence-electron chi connectivity index (χ2n) is 6.34. The fraction of sp³-hybridized carbons (Fsp3) is 0.867. The molecule has 2 unspecified atom stereocenters. The summed E-state index contributed by atoms with van der Waals surface area (Å²) < 4.78 is 7.43. The van der Waals surface area contributed by atoms with Crippen molar-refractivity contribution < 1.29 is 4.74 Å². The summed E-state index contributed by atoms with van der Waals surface area (Å²) in [5, 5.41) is 4.31. The lowest BCUT2D eigenvalue weighted by atomic mass is 9.85. The first kappa shape index (κ1) is 16.4. The van der Waals surface area contributed by atoms with E-state index in [0.717, 1.165) is 45.0 Å². The normalized spacial score (nSPS) is 21.4. The zero-order chi connectivity index (χ0) is 15.5. The summed E-state index contributed by atoms with van der Waals surface area (Å²) in [6, 6.07) is 0.341. The highest BCUT2D eigenvalue weighted by atomic mass is 16.5. The molecule has 0 saturated carbocycles. The molecule has 0 bridgehead atoms. The van der Waals surface area contributed by atoms with Crippen molar-refractivity contribution in [3.8, 4) is 0 Å². The topological polar surface area (TPSA) is 69.2 Å². The van der Waals surface area contributed by atoms with E-state index in [9.17, 15) is 0 Å². The molecule has 0 aliphatic carbocycles. The lowest BCUT2D eigenvalue weighted by Gasteiger charge is -2.46. The summed E-state index contributed by atoms with van der Waals surface area (Å²) in [5.41, 5.74) is 6.56. The van der Waals surface area contributed by atoms with Crippen molar-refractivity contribution >= 4 is 0 Å². The van der Waals surface area contributed by atoms with Crippen LogP contribution < -0.4 is 5.73 Å². The van der Waals surface area contributed by atoms with Crippen LogP contribution in [0.25, 0.3) is 0 Å². The third-order valence-electron chi connectivity index (χ3n) is 4.79. The molecule has 1 saturated heterocycles. The van der Waals surface area contributed by atoms with Crippen LogP contribution in [0.4, 0.5) is 0 Å². The number of hydrogen-bond donors (Lipinski definition) is 1. The third kappa shape index (κ3) is 3.44. The Bertz CT molecular complexity index is 441. The van der Waals surface area contributed by atoms with Crippen LogP contribution in [-0.4, -0.2) is 57.5 Å². The SMILES string of the molecule is CCC(C)(C(N)Cc1ncnn1C(C)C)N1CCOCC1. The fourth-order valence-electron chi connectivity index (χ4n) is 3.06. The number of morpholine rings is 1. The van der Waals surface area contributed by atoms with Crippen molar-refractivity contribution in [2.24, 2.45) is 5.73 Å². The summed E-state index contributed by atoms with van der Waals surface area (Å²) >= 11 is 0. The Morgan fingerprint density at radius 1 is 1.38 bits per heavy atom. The second-order valence-corrected chi connectivity index (χ2v) is 6.34. The predicted molar refractivity (Wildman–Crippen MR) is 83.2 cm³/mol. The molecule has 0 spiro atoms. The molecule has 0 radical (unpaired) electrons. The van der Waals surface area contributed by atoms with E-state index in [2.05, 4.69) is 42.7 Å². The maximum absolute atomic E-state index is 6.59. The Hall–Kier alpha value is -0.980. The van der Waals surface area contributed by atoms with Gasteiger partial charge in [-0.3, -0.25) is 4.90 Å². The van der Waals surface area contributed by atoms with Gasteiger partial charge in [0.1, 0.15) is 12.2 Å². The van der Waals surface area contributed by atoms with Crippen LogP contribution in [0.3, 0.4) is 0 Å². The van der Waals surface area contributed by atoms with E-state index in [-0.39, 0.29) is 11.6 Å². The summed E-state index contributed by atoms with van der Waals surface area (Å²) in [4.78, 5) is 6.87. The summed E-state index contributed by atoms with van der Waals surface area (Å²) in [6.45, 7) is 12.2. The molecule has 6 nitrogen and oxygen atoms in total. The van der Waals surface area contributed by atoms with E-state index in [1.165, 1.54) is 0 Å². The van der Waals surface area contributed by atoms with Crippen molar-refractivity contribution in [1.29, 1.82) is 0 Å². The molecule has 1 fully saturated rings. The van der Waals surface area contributed by atoms with E-state index in [4.69, 9.17) is 10.5 Å². The van der Waals surface area contributed by atoms with Gasteiger partial charge < -0.3 is 10.5 Å². The van der Waals surface area contributed by atoms with E-state index in [1.54, 1.807) is 6.33 Å². The monoisotopic (exact) mass is 295 g/mol. The number of nitrogens with two attached hydrogens (primary N) is 1. The maximum atomic E-state index is 6.59. The van der Waals surface area contributed by atoms with Crippen molar-refractivity contribution in [2.75, 3.05) is 26.3 Å². The van der Waals surface area contributed by atoms with Crippen molar-refractivity contribution in [2.45, 2.75) is 58.2 Å². The van der Waals surface area contributed by atoms with Gasteiger partial charge in [0.15, 0.2) is 0 Å². The number of nitrogens with zero attached hydrogens (tertiary/aromatic N) is 4. The Morgan fingerprint density at radius 2 is 2.05 bits per heavy atom. The number of hydrogen-bond acceptors (Lipinski definition) is 5. The van der Waals surface area contributed by atoms with Gasteiger partial charge in [0.25, 0.3) is 0 Å². The summed E-state index contributed by atoms with van der Waals surface area (Å²) in [7, 11) is 0. The van der Waals surface area contributed by atoms with Crippen LogP contribution in [-0.2, 0) is 11.2 Å². The first-order valence-electron chi connectivity index (χ1n) is 7.95. The van der Waals surface area contributed by atoms with Crippen LogP contribution in [0.2, 0.25) is 0 Å². The first-order chi connectivity index (χ1) is 9.99. The smallest absolute Gasteiger partial charge is 0.138 e. The molecule has 2 rings (SSSR count). The van der Waals surface area contributed by atoms with Crippen molar-refractivity contribution in [1.82, 2.24) is 19.7 Å². The van der Waals surface area contributed by atoms with Gasteiger partial charge in [0.05, 0.1) is 13.2 Å². The average molecular weight is 295 g/mol. The molecule has 120 valence electrons. The van der Waals surface area contributed by atoms with Crippen LogP contribution in [0.1, 0.15) is 46.0 Å². The number of ether oxygens (including phenoxy) is 1. The zero-order valence-electron chi connectivity index (χ0n) is 13.7. The maximum Gasteiger partial charge on any atom is 0.138 e. The molecular weight excluding hydrogens is 266 g/mol. The number of aromatic nitrogens is 3. The largest absolute Gasteiger partial charge is 0.379 e. The molecule has 1 aromatic heterocycles. The molecule has 2 N–H and O–H groups in total. The quantitative estimate of drug-likeness (QED) is 0.855. The molecule has 1 aliphatic heterocycles. The van der Waals surface area contributed by atoms with Gasteiger partial charge in [0, 0.05) is 37.1 Å². The molecule has 0 aromatic carbocycles.